The number of hydrogen-bond acceptors (Lipinski definition) is 11. The lowest BCUT2D eigenvalue weighted by molar-refractivity contribution is 0.0945. The van der Waals surface area contributed by atoms with E-state index in [1.54, 1.807) is 54.6 Å². The molecule has 552 valence electrons. The van der Waals surface area contributed by atoms with Crippen LogP contribution in [0.1, 0.15) is 127 Å². The zero-order valence-corrected chi connectivity index (χ0v) is 67.9. The van der Waals surface area contributed by atoms with Crippen molar-refractivity contribution in [2.75, 3.05) is 58.9 Å². The van der Waals surface area contributed by atoms with E-state index in [0.717, 1.165) is 98.6 Å². The molecule has 0 saturated heterocycles. The average molecular weight is 1670 g/mol. The van der Waals surface area contributed by atoms with Gasteiger partial charge < -0.3 is 58.1 Å². The third-order valence-electron chi connectivity index (χ3n) is 13.4. The molecule has 102 heavy (non-hydrogen) atoms. The van der Waals surface area contributed by atoms with Gasteiger partial charge in [0, 0.05) is 89.0 Å². The lowest BCUT2D eigenvalue weighted by Gasteiger charge is -2.03. The Bertz CT molecular complexity index is 3620. The van der Waals surface area contributed by atoms with Crippen molar-refractivity contribution in [1.82, 2.24) is 47.9 Å². The summed E-state index contributed by atoms with van der Waals surface area (Å²) in [5.41, 5.74) is 8.99. The number of aromatic hydroxyl groups is 2. The van der Waals surface area contributed by atoms with Gasteiger partial charge in [0.1, 0.15) is 11.5 Å². The Morgan fingerprint density at radius 2 is 0.686 bits per heavy atom. The van der Waals surface area contributed by atoms with E-state index >= 15 is 0 Å². The topological polar surface area (TPSA) is 200 Å². The molecule has 0 aliphatic rings. The smallest absolute Gasteiger partial charge is 0.255 e. The minimum atomic E-state index is -0.240. The summed E-state index contributed by atoms with van der Waals surface area (Å²) in [7, 11) is 0. The molecule has 11 N–H and O–H groups in total. The van der Waals surface area contributed by atoms with Gasteiger partial charge in [-0.3, -0.25) is 14.4 Å². The molecule has 0 fully saturated rings. The standard InChI is InChI=1S/3C9H12BrN.C9H9Cl2NO.C9H11Cl2N.C9H11NO2.C9H13NO.C9H11NO.C9H13N/c1-2-11-7-8-3-5-9(10)6-4-8;1-2-11-7-8-4-3-5-9(10)6-8;1-2-11-7-8-5-3-4-6-9(8)10;1-2-12-9(13)6-3-4-7(10)8(11)5-6;1-2-12-6-7-3-4-8(10)9(11)5-7;1-2-10-9(12)7-5-3-4-6-8(7)11;1-2-10-7-8-5-3-4-6-9(8)11;1-2-10-9(11)8-6-4-3-5-7-8;1-2-10-8-9-6-4-3-5-7-9/h3*3-6,11H,2,7H2,1H3;3-5H,2H2,1H3,(H,12,13);3-5,12H,2,6H2,1H3;3-6,11H,2H2,1H3,(H,10,12);3-6,10-11H,2,7H2,1H3;3-7H,2H2,1H3,(H,10,11);3-7,10H,2,8H2,1H3. The summed E-state index contributed by atoms with van der Waals surface area (Å²) in [6.07, 6.45) is 0. The molecule has 0 radical (unpaired) electrons. The molecule has 0 spiro atoms. The van der Waals surface area contributed by atoms with Gasteiger partial charge in [-0.1, -0.05) is 263 Å². The normalized spacial score (nSPS) is 9.80. The Kier molecular flexibility index (Phi) is 55.6. The van der Waals surface area contributed by atoms with Gasteiger partial charge >= 0.3 is 0 Å². The summed E-state index contributed by atoms with van der Waals surface area (Å²) in [6.45, 7) is 31.4. The van der Waals surface area contributed by atoms with Crippen LogP contribution in [0.15, 0.2) is 232 Å². The highest BCUT2D eigenvalue weighted by molar-refractivity contribution is 9.11. The van der Waals surface area contributed by atoms with E-state index < -0.39 is 0 Å². The molecule has 14 nitrogen and oxygen atoms in total. The van der Waals surface area contributed by atoms with Gasteiger partial charge in [-0.2, -0.15) is 0 Å². The van der Waals surface area contributed by atoms with Crippen LogP contribution < -0.4 is 47.9 Å². The first-order valence-corrected chi connectivity index (χ1v) is 38.0. The van der Waals surface area contributed by atoms with Crippen molar-refractivity contribution in [1.29, 1.82) is 0 Å². The first-order valence-electron chi connectivity index (χ1n) is 34.1. The predicted octanol–water partition coefficient (Wildman–Crippen LogP) is 19.4. The SMILES string of the molecule is CCNC(=O)c1ccc(Cl)c(Cl)c1.CCNC(=O)c1ccccc1.CCNC(=O)c1ccccc1O.CCNCc1ccc(Br)cc1.CCNCc1ccc(Cl)c(Cl)c1.CCNCc1cccc(Br)c1.CCNCc1ccccc1.CCNCc1ccccc1Br.CCNCc1ccccc1O. The maximum absolute atomic E-state index is 11.3. The first kappa shape index (κ1) is 93.4. The Morgan fingerprint density at radius 1 is 0.304 bits per heavy atom. The van der Waals surface area contributed by atoms with E-state index in [1.165, 1.54) is 32.8 Å². The molecule has 0 aliphatic carbocycles. The van der Waals surface area contributed by atoms with Crippen LogP contribution >= 0.6 is 94.2 Å². The van der Waals surface area contributed by atoms with Crippen molar-refractivity contribution >= 4 is 112 Å². The molecule has 3 amide bonds. The lowest BCUT2D eigenvalue weighted by Crippen LogP contribution is -2.22. The van der Waals surface area contributed by atoms with Crippen molar-refractivity contribution in [3.63, 3.8) is 0 Å². The largest absolute Gasteiger partial charge is 0.508 e. The van der Waals surface area contributed by atoms with Crippen LogP contribution in [0.5, 0.6) is 11.5 Å². The first-order chi connectivity index (χ1) is 49.2. The number of carbonyl (C=O) groups excluding carboxylic acids is 3. The third kappa shape index (κ3) is 44.8. The number of benzene rings is 9. The number of nitrogens with one attached hydrogen (secondary N) is 9. The molecular weight excluding hydrogens is 1560 g/mol. The van der Waals surface area contributed by atoms with E-state index in [1.807, 2.05) is 100 Å². The zero-order chi connectivity index (χ0) is 75.6. The van der Waals surface area contributed by atoms with Gasteiger partial charge in [0.2, 0.25) is 0 Å². The summed E-state index contributed by atoms with van der Waals surface area (Å²) in [6, 6.07) is 68.9. The second-order valence-electron chi connectivity index (χ2n) is 21.5. The molecular formula is C81H104Br3Cl4N9O5. The Hall–Kier alpha value is -6.65. The zero-order valence-electron chi connectivity index (χ0n) is 60.2. The Labute approximate surface area is 653 Å². The second kappa shape index (κ2) is 60.7. The van der Waals surface area contributed by atoms with E-state index in [-0.39, 0.29) is 23.5 Å². The number of phenolic OH excluding ortho intramolecular Hbond substituents is 2. The molecule has 0 aliphatic heterocycles. The Morgan fingerprint density at radius 3 is 1.17 bits per heavy atom. The van der Waals surface area contributed by atoms with Crippen molar-refractivity contribution in [2.45, 2.75) is 102 Å². The van der Waals surface area contributed by atoms with Gasteiger partial charge in [0.15, 0.2) is 0 Å². The highest BCUT2D eigenvalue weighted by Crippen LogP contribution is 2.24. The highest BCUT2D eigenvalue weighted by atomic mass is 79.9. The number of carbonyl (C=O) groups is 3. The van der Waals surface area contributed by atoms with Crippen molar-refractivity contribution in [3.05, 3.63) is 302 Å². The average Bonchev–Trinajstić information content (AvgIpc) is 0.895. The van der Waals surface area contributed by atoms with E-state index in [4.69, 9.17) is 46.4 Å². The van der Waals surface area contributed by atoms with Crippen LogP contribution in [0, 0.1) is 0 Å². The van der Waals surface area contributed by atoms with Crippen LogP contribution in [0.4, 0.5) is 0 Å². The number of para-hydroxylation sites is 2. The van der Waals surface area contributed by atoms with Crippen molar-refractivity contribution in [2.24, 2.45) is 0 Å². The molecule has 0 atom stereocenters. The van der Waals surface area contributed by atoms with Crippen molar-refractivity contribution < 1.29 is 24.6 Å². The molecule has 0 saturated carbocycles. The number of rotatable bonds is 24. The van der Waals surface area contributed by atoms with Gasteiger partial charge in [0.25, 0.3) is 17.7 Å². The van der Waals surface area contributed by atoms with Gasteiger partial charge in [-0.25, -0.2) is 0 Å². The Balaban J connectivity index is 0.000000574. The third-order valence-corrected chi connectivity index (χ3v) is 16.7. The van der Waals surface area contributed by atoms with E-state index in [2.05, 4.69) is 215 Å². The summed E-state index contributed by atoms with van der Waals surface area (Å²) in [5, 5.41) is 48.0. The van der Waals surface area contributed by atoms with E-state index in [9.17, 15) is 24.6 Å². The van der Waals surface area contributed by atoms with Gasteiger partial charge in [0.05, 0.1) is 25.7 Å². The van der Waals surface area contributed by atoms with Gasteiger partial charge in [-0.15, -0.1) is 0 Å². The van der Waals surface area contributed by atoms with Crippen LogP contribution in [0.25, 0.3) is 0 Å². The molecule has 21 heteroatoms. The fourth-order valence-corrected chi connectivity index (χ4v) is 9.82. The number of hydrogen-bond donors (Lipinski definition) is 11. The van der Waals surface area contributed by atoms with Crippen LogP contribution in [-0.4, -0.2) is 86.8 Å². The molecule has 9 rings (SSSR count). The lowest BCUT2D eigenvalue weighted by atomic mass is 10.2. The van der Waals surface area contributed by atoms with Crippen LogP contribution in [0.3, 0.4) is 0 Å². The summed E-state index contributed by atoms with van der Waals surface area (Å²) in [5.74, 6) is 0.00154. The molecule has 9 aromatic rings. The minimum Gasteiger partial charge on any atom is -0.508 e. The van der Waals surface area contributed by atoms with Crippen LogP contribution in [0.2, 0.25) is 20.1 Å². The number of phenols is 2. The summed E-state index contributed by atoms with van der Waals surface area (Å²) >= 11 is 33.3. The second-order valence-corrected chi connectivity index (χ2v) is 25.8. The highest BCUT2D eigenvalue weighted by Gasteiger charge is 2.09. The monoisotopic (exact) mass is 1660 g/mol. The number of halogens is 7. The fraction of sp³-hybridized carbons (Fsp3) is 0.296. The number of amides is 3. The van der Waals surface area contributed by atoms with E-state index in [0.29, 0.717) is 62.2 Å². The minimum absolute atomic E-state index is 0.00639. The quantitative estimate of drug-likeness (QED) is 0.0275. The molecule has 0 unspecified atom stereocenters. The maximum Gasteiger partial charge on any atom is 0.255 e. The van der Waals surface area contributed by atoms with Gasteiger partial charge in [-0.05, 0) is 179 Å². The summed E-state index contributed by atoms with van der Waals surface area (Å²) < 4.78 is 3.46. The van der Waals surface area contributed by atoms with Crippen LogP contribution in [-0.2, 0) is 39.3 Å². The maximum atomic E-state index is 11.3. The molecule has 0 heterocycles. The predicted molar refractivity (Wildman–Crippen MR) is 443 cm³/mol. The molecule has 0 aromatic heterocycles. The fourth-order valence-electron chi connectivity index (χ4n) is 8.07. The molecule has 0 bridgehead atoms. The summed E-state index contributed by atoms with van der Waals surface area (Å²) in [4.78, 5) is 33.6. The molecule has 9 aromatic carbocycles. The van der Waals surface area contributed by atoms with Crippen molar-refractivity contribution in [3.8, 4) is 11.5 Å².